The second-order valence-electron chi connectivity index (χ2n) is 3.22. The molecule has 2 nitrogen and oxygen atoms in total. The molecule has 0 amide bonds. The maximum absolute atomic E-state index is 9.95. The molecule has 0 aromatic rings. The molecule has 1 saturated carbocycles. The van der Waals surface area contributed by atoms with Gasteiger partial charge in [-0.05, 0) is 24.5 Å². The number of thioether (sulfide) groups is 1. The van der Waals surface area contributed by atoms with Gasteiger partial charge in [-0.1, -0.05) is 6.92 Å². The molecule has 66 valence electrons. The van der Waals surface area contributed by atoms with Crippen LogP contribution in [0.1, 0.15) is 19.8 Å². The van der Waals surface area contributed by atoms with Crippen molar-refractivity contribution in [3.63, 3.8) is 0 Å². The zero-order chi connectivity index (χ0) is 8.32. The molecule has 1 aliphatic rings. The Bertz CT molecular complexity index is 127. The maximum Gasteiger partial charge on any atom is 0.0887 e. The minimum Gasteiger partial charge on any atom is -0.387 e. The molecule has 3 heteroatoms. The molecule has 1 rings (SSSR count). The van der Waals surface area contributed by atoms with Gasteiger partial charge in [-0.3, -0.25) is 0 Å². The number of hydrogen-bond acceptors (Lipinski definition) is 3. The van der Waals surface area contributed by atoms with E-state index in [0.29, 0.717) is 12.5 Å². The Morgan fingerprint density at radius 1 is 1.64 bits per heavy atom. The Kier molecular flexibility index (Phi) is 3.22. The van der Waals surface area contributed by atoms with Gasteiger partial charge in [0.2, 0.25) is 0 Å². The van der Waals surface area contributed by atoms with E-state index >= 15 is 0 Å². The zero-order valence-corrected chi connectivity index (χ0v) is 7.86. The summed E-state index contributed by atoms with van der Waals surface area (Å²) in [5, 5.41) is 9.95. The monoisotopic (exact) mass is 175 g/mol. The van der Waals surface area contributed by atoms with E-state index in [4.69, 9.17) is 5.73 Å². The highest BCUT2D eigenvalue weighted by Gasteiger charge is 2.42. The molecule has 0 radical (unpaired) electrons. The van der Waals surface area contributed by atoms with Gasteiger partial charge in [-0.15, -0.1) is 0 Å². The average Bonchev–Trinajstić information content (AvgIpc) is 2.82. The van der Waals surface area contributed by atoms with Gasteiger partial charge in [0.15, 0.2) is 0 Å². The summed E-state index contributed by atoms with van der Waals surface area (Å²) in [5.41, 5.74) is 4.97. The predicted molar refractivity (Wildman–Crippen MR) is 49.7 cm³/mol. The third-order valence-electron chi connectivity index (χ3n) is 2.25. The van der Waals surface area contributed by atoms with E-state index in [-0.39, 0.29) is 0 Å². The highest BCUT2D eigenvalue weighted by molar-refractivity contribution is 7.99. The summed E-state index contributed by atoms with van der Waals surface area (Å²) in [6.45, 7) is 2.53. The van der Waals surface area contributed by atoms with Crippen LogP contribution in [-0.4, -0.2) is 28.8 Å². The summed E-state index contributed by atoms with van der Waals surface area (Å²) in [6, 6.07) is 0. The van der Waals surface area contributed by atoms with Gasteiger partial charge in [0, 0.05) is 12.3 Å². The predicted octanol–water partition coefficient (Wildman–Crippen LogP) is 0.839. The van der Waals surface area contributed by atoms with Crippen molar-refractivity contribution in [3.8, 4) is 0 Å². The van der Waals surface area contributed by atoms with Gasteiger partial charge < -0.3 is 10.8 Å². The molecule has 1 atom stereocenters. The third kappa shape index (κ3) is 2.36. The van der Waals surface area contributed by atoms with Gasteiger partial charge in [0.05, 0.1) is 5.60 Å². The first-order valence-electron chi connectivity index (χ1n) is 4.23. The first-order chi connectivity index (χ1) is 5.23. The summed E-state index contributed by atoms with van der Waals surface area (Å²) in [5.74, 6) is 2.37. The Labute approximate surface area is 72.5 Å². The Hall–Kier alpha value is 0.270. The minimum atomic E-state index is -0.555. The van der Waals surface area contributed by atoms with Gasteiger partial charge >= 0.3 is 0 Å². The molecule has 1 unspecified atom stereocenters. The standard InChI is InChI=1S/C8H17NOS/c1-2-11-6-8(10,5-9)7-3-4-7/h7,10H,2-6,9H2,1H3. The maximum atomic E-state index is 9.95. The Balaban J connectivity index is 2.31. The van der Waals surface area contributed by atoms with Gasteiger partial charge in [-0.25, -0.2) is 0 Å². The van der Waals surface area contributed by atoms with E-state index in [1.807, 2.05) is 0 Å². The molecular weight excluding hydrogens is 158 g/mol. The van der Waals surface area contributed by atoms with E-state index in [2.05, 4.69) is 6.92 Å². The van der Waals surface area contributed by atoms with Gasteiger partial charge in [0.25, 0.3) is 0 Å². The molecule has 0 aliphatic heterocycles. The Morgan fingerprint density at radius 3 is 2.64 bits per heavy atom. The number of hydrogen-bond donors (Lipinski definition) is 2. The largest absolute Gasteiger partial charge is 0.387 e. The molecule has 3 N–H and O–H groups in total. The summed E-state index contributed by atoms with van der Waals surface area (Å²) < 4.78 is 0. The van der Waals surface area contributed by atoms with Crippen molar-refractivity contribution in [2.75, 3.05) is 18.1 Å². The molecule has 0 saturated heterocycles. The van der Waals surface area contributed by atoms with Crippen molar-refractivity contribution in [1.29, 1.82) is 0 Å². The van der Waals surface area contributed by atoms with E-state index in [0.717, 1.165) is 24.3 Å². The fourth-order valence-corrected chi connectivity index (χ4v) is 2.15. The first kappa shape index (κ1) is 9.36. The van der Waals surface area contributed by atoms with Crippen LogP contribution in [0.3, 0.4) is 0 Å². The van der Waals surface area contributed by atoms with Crippen LogP contribution in [0.4, 0.5) is 0 Å². The van der Waals surface area contributed by atoms with Crippen molar-refractivity contribution in [2.24, 2.45) is 11.7 Å². The zero-order valence-electron chi connectivity index (χ0n) is 7.05. The number of aliphatic hydroxyl groups is 1. The van der Waals surface area contributed by atoms with E-state index in [9.17, 15) is 5.11 Å². The second kappa shape index (κ2) is 3.78. The molecular formula is C8H17NOS. The van der Waals surface area contributed by atoms with Crippen molar-refractivity contribution in [1.82, 2.24) is 0 Å². The summed E-state index contributed by atoms with van der Waals surface area (Å²) in [7, 11) is 0. The quantitative estimate of drug-likeness (QED) is 0.651. The first-order valence-corrected chi connectivity index (χ1v) is 5.38. The Morgan fingerprint density at radius 2 is 2.27 bits per heavy atom. The SMILES string of the molecule is CCSCC(O)(CN)C1CC1. The van der Waals surface area contributed by atoms with E-state index in [1.165, 1.54) is 0 Å². The molecule has 1 aliphatic carbocycles. The van der Waals surface area contributed by atoms with Crippen LogP contribution in [0, 0.1) is 5.92 Å². The van der Waals surface area contributed by atoms with Crippen LogP contribution in [0.5, 0.6) is 0 Å². The molecule has 0 aromatic carbocycles. The topological polar surface area (TPSA) is 46.2 Å². The van der Waals surface area contributed by atoms with Crippen LogP contribution >= 0.6 is 11.8 Å². The van der Waals surface area contributed by atoms with Crippen LogP contribution in [-0.2, 0) is 0 Å². The molecule has 0 bridgehead atoms. The van der Waals surface area contributed by atoms with Gasteiger partial charge in [0.1, 0.15) is 0 Å². The number of rotatable bonds is 5. The van der Waals surface area contributed by atoms with Crippen molar-refractivity contribution >= 4 is 11.8 Å². The van der Waals surface area contributed by atoms with E-state index < -0.39 is 5.60 Å². The van der Waals surface area contributed by atoms with E-state index in [1.54, 1.807) is 11.8 Å². The smallest absolute Gasteiger partial charge is 0.0887 e. The van der Waals surface area contributed by atoms with Gasteiger partial charge in [-0.2, -0.15) is 11.8 Å². The lowest BCUT2D eigenvalue weighted by molar-refractivity contribution is 0.0510. The second-order valence-corrected chi connectivity index (χ2v) is 4.49. The minimum absolute atomic E-state index is 0.421. The van der Waals surface area contributed by atoms with Crippen LogP contribution < -0.4 is 5.73 Å². The lowest BCUT2D eigenvalue weighted by Crippen LogP contribution is -2.42. The molecule has 11 heavy (non-hydrogen) atoms. The lowest BCUT2D eigenvalue weighted by atomic mass is 10.0. The van der Waals surface area contributed by atoms with Crippen molar-refractivity contribution < 1.29 is 5.11 Å². The fourth-order valence-electron chi connectivity index (χ4n) is 1.24. The van der Waals surface area contributed by atoms with Crippen LogP contribution in [0.2, 0.25) is 0 Å². The number of nitrogens with two attached hydrogens (primary N) is 1. The molecule has 0 heterocycles. The lowest BCUT2D eigenvalue weighted by Gasteiger charge is -2.25. The summed E-state index contributed by atoms with van der Waals surface area (Å²) >= 11 is 1.78. The average molecular weight is 175 g/mol. The highest BCUT2D eigenvalue weighted by Crippen LogP contribution is 2.40. The molecule has 0 aromatic heterocycles. The van der Waals surface area contributed by atoms with Crippen molar-refractivity contribution in [2.45, 2.75) is 25.4 Å². The molecule has 0 spiro atoms. The van der Waals surface area contributed by atoms with Crippen LogP contribution in [0.25, 0.3) is 0 Å². The fraction of sp³-hybridized carbons (Fsp3) is 1.00. The summed E-state index contributed by atoms with van der Waals surface area (Å²) in [4.78, 5) is 0. The highest BCUT2D eigenvalue weighted by atomic mass is 32.2. The summed E-state index contributed by atoms with van der Waals surface area (Å²) in [6.07, 6.45) is 2.33. The third-order valence-corrected chi connectivity index (χ3v) is 3.36. The van der Waals surface area contributed by atoms with Crippen LogP contribution in [0.15, 0.2) is 0 Å². The molecule has 1 fully saturated rings. The normalized spacial score (nSPS) is 23.2. The van der Waals surface area contributed by atoms with Crippen molar-refractivity contribution in [3.05, 3.63) is 0 Å².